The van der Waals surface area contributed by atoms with E-state index < -0.39 is 9.84 Å². The van der Waals surface area contributed by atoms with Crippen molar-refractivity contribution in [3.8, 4) is 0 Å². The van der Waals surface area contributed by atoms with Gasteiger partial charge in [-0.05, 0) is 13.0 Å². The largest absolute Gasteiger partial charge is 0.338 e. The number of rotatable bonds is 6. The highest BCUT2D eigenvalue weighted by Crippen LogP contribution is 2.01. The van der Waals surface area contributed by atoms with Crippen molar-refractivity contribution in [3.63, 3.8) is 0 Å². The van der Waals surface area contributed by atoms with Gasteiger partial charge in [0.15, 0.2) is 15.7 Å². The van der Waals surface area contributed by atoms with Crippen LogP contribution in [-0.2, 0) is 22.1 Å². The Kier molecular flexibility index (Phi) is 4.22. The predicted octanol–water partition coefficient (Wildman–Crippen LogP) is 0.114. The molecule has 6 nitrogen and oxygen atoms in total. The first-order chi connectivity index (χ1) is 7.01. The molecule has 0 aliphatic rings. The van der Waals surface area contributed by atoms with Crippen molar-refractivity contribution in [1.29, 1.82) is 0 Å². The Morgan fingerprint density at radius 3 is 2.80 bits per heavy atom. The van der Waals surface area contributed by atoms with Crippen LogP contribution in [0.2, 0.25) is 0 Å². The summed E-state index contributed by atoms with van der Waals surface area (Å²) in [6.45, 7) is 3.39. The van der Waals surface area contributed by atoms with E-state index in [9.17, 15) is 8.42 Å². The van der Waals surface area contributed by atoms with Crippen LogP contribution in [0.4, 0.5) is 0 Å². The molecule has 0 fully saturated rings. The molecule has 1 aromatic rings. The van der Waals surface area contributed by atoms with E-state index in [1.165, 1.54) is 0 Å². The van der Waals surface area contributed by atoms with Crippen molar-refractivity contribution < 1.29 is 12.9 Å². The zero-order chi connectivity index (χ0) is 11.3. The third kappa shape index (κ3) is 4.89. The van der Waals surface area contributed by atoms with Crippen LogP contribution in [0.3, 0.4) is 0 Å². The molecule has 1 rings (SSSR count). The van der Waals surface area contributed by atoms with Crippen LogP contribution in [0.15, 0.2) is 4.52 Å². The Morgan fingerprint density at radius 2 is 2.20 bits per heavy atom. The first kappa shape index (κ1) is 12.1. The molecular weight excluding hydrogens is 218 g/mol. The maximum atomic E-state index is 10.9. The van der Waals surface area contributed by atoms with Crippen LogP contribution >= 0.6 is 0 Å². The third-order valence-electron chi connectivity index (χ3n) is 1.60. The number of nitrogens with zero attached hydrogens (tertiary/aromatic N) is 2. The molecule has 0 radical (unpaired) electrons. The Labute approximate surface area is 89.0 Å². The molecule has 86 valence electrons. The number of sulfone groups is 1. The Bertz CT molecular complexity index is 399. The molecule has 1 heterocycles. The molecular formula is C8H15N3O3S. The minimum absolute atomic E-state index is 0.176. The summed E-state index contributed by atoms with van der Waals surface area (Å²) in [4.78, 5) is 3.95. The standard InChI is InChI=1S/C8H15N3O3S/c1-3-4-9-5-8-10-7(11-14-8)6-15(2,12)13/h9H,3-6H2,1-2H3. The third-order valence-corrected chi connectivity index (χ3v) is 2.39. The highest BCUT2D eigenvalue weighted by molar-refractivity contribution is 7.89. The fraction of sp³-hybridized carbons (Fsp3) is 0.750. The number of nitrogens with one attached hydrogen (secondary N) is 1. The number of hydrogen-bond donors (Lipinski definition) is 1. The molecule has 0 spiro atoms. The van der Waals surface area contributed by atoms with Crippen LogP contribution in [0.25, 0.3) is 0 Å². The molecule has 0 bridgehead atoms. The van der Waals surface area contributed by atoms with E-state index in [2.05, 4.69) is 22.4 Å². The van der Waals surface area contributed by atoms with Crippen LogP contribution < -0.4 is 5.32 Å². The minimum atomic E-state index is -3.09. The van der Waals surface area contributed by atoms with E-state index in [1.54, 1.807) is 0 Å². The van der Waals surface area contributed by atoms with Gasteiger partial charge in [-0.15, -0.1) is 0 Å². The van der Waals surface area contributed by atoms with Crippen molar-refractivity contribution in [2.24, 2.45) is 0 Å². The number of aromatic nitrogens is 2. The second-order valence-electron chi connectivity index (χ2n) is 3.35. The van der Waals surface area contributed by atoms with Crippen LogP contribution in [0, 0.1) is 0 Å². The maximum absolute atomic E-state index is 10.9. The van der Waals surface area contributed by atoms with Gasteiger partial charge in [-0.1, -0.05) is 12.1 Å². The van der Waals surface area contributed by atoms with E-state index in [1.807, 2.05) is 0 Å². The summed E-state index contributed by atoms with van der Waals surface area (Å²) >= 11 is 0. The molecule has 0 atom stereocenters. The maximum Gasteiger partial charge on any atom is 0.240 e. The van der Waals surface area contributed by atoms with Gasteiger partial charge in [0.25, 0.3) is 0 Å². The zero-order valence-electron chi connectivity index (χ0n) is 8.86. The topological polar surface area (TPSA) is 85.1 Å². The fourth-order valence-corrected chi connectivity index (χ4v) is 1.61. The van der Waals surface area contributed by atoms with E-state index in [-0.39, 0.29) is 11.6 Å². The normalized spacial score (nSPS) is 11.9. The van der Waals surface area contributed by atoms with Gasteiger partial charge in [-0.3, -0.25) is 0 Å². The second kappa shape index (κ2) is 5.22. The monoisotopic (exact) mass is 233 g/mol. The van der Waals surface area contributed by atoms with Crippen molar-refractivity contribution in [2.45, 2.75) is 25.6 Å². The first-order valence-electron chi connectivity index (χ1n) is 4.71. The van der Waals surface area contributed by atoms with E-state index in [0.29, 0.717) is 12.4 Å². The molecule has 0 amide bonds. The van der Waals surface area contributed by atoms with Crippen molar-refractivity contribution in [2.75, 3.05) is 12.8 Å². The summed E-state index contributed by atoms with van der Waals surface area (Å²) < 4.78 is 26.7. The lowest BCUT2D eigenvalue weighted by atomic mass is 10.5. The van der Waals surface area contributed by atoms with Crippen molar-refractivity contribution in [3.05, 3.63) is 11.7 Å². The highest BCUT2D eigenvalue weighted by Gasteiger charge is 2.11. The van der Waals surface area contributed by atoms with Crippen LogP contribution in [-0.4, -0.2) is 31.4 Å². The first-order valence-corrected chi connectivity index (χ1v) is 6.77. The van der Waals surface area contributed by atoms with Crippen LogP contribution in [0.5, 0.6) is 0 Å². The van der Waals surface area contributed by atoms with Gasteiger partial charge < -0.3 is 9.84 Å². The van der Waals surface area contributed by atoms with Crippen molar-refractivity contribution >= 4 is 9.84 Å². The smallest absolute Gasteiger partial charge is 0.240 e. The number of hydrogen-bond acceptors (Lipinski definition) is 6. The van der Waals surface area contributed by atoms with Crippen molar-refractivity contribution in [1.82, 2.24) is 15.5 Å². The van der Waals surface area contributed by atoms with Crippen LogP contribution in [0.1, 0.15) is 25.1 Å². The van der Waals surface area contributed by atoms with E-state index >= 15 is 0 Å². The lowest BCUT2D eigenvalue weighted by molar-refractivity contribution is 0.364. The van der Waals surface area contributed by atoms with Gasteiger partial charge in [0, 0.05) is 6.26 Å². The summed E-state index contributed by atoms with van der Waals surface area (Å²) in [7, 11) is -3.09. The molecule has 7 heteroatoms. The SMILES string of the molecule is CCCNCc1nc(CS(C)(=O)=O)no1. The molecule has 0 aliphatic heterocycles. The molecule has 0 saturated heterocycles. The lowest BCUT2D eigenvalue weighted by Gasteiger charge is -1.95. The average Bonchev–Trinajstić information content (AvgIpc) is 2.50. The van der Waals surface area contributed by atoms with E-state index in [4.69, 9.17) is 4.52 Å². The quantitative estimate of drug-likeness (QED) is 0.702. The molecule has 15 heavy (non-hydrogen) atoms. The predicted molar refractivity (Wildman–Crippen MR) is 54.8 cm³/mol. The molecule has 1 aromatic heterocycles. The van der Waals surface area contributed by atoms with Gasteiger partial charge in [0.1, 0.15) is 5.75 Å². The summed E-state index contributed by atoms with van der Waals surface area (Å²) in [5.74, 6) is 0.456. The molecule has 0 aromatic carbocycles. The summed E-state index contributed by atoms with van der Waals surface area (Å²) in [6.07, 6.45) is 2.16. The average molecular weight is 233 g/mol. The zero-order valence-corrected chi connectivity index (χ0v) is 9.67. The van der Waals surface area contributed by atoms with Gasteiger partial charge >= 0.3 is 0 Å². The second-order valence-corrected chi connectivity index (χ2v) is 5.49. The van der Waals surface area contributed by atoms with E-state index in [0.717, 1.165) is 19.2 Å². The summed E-state index contributed by atoms with van der Waals surface area (Å²) in [5.41, 5.74) is 0. The minimum Gasteiger partial charge on any atom is -0.338 e. The molecule has 1 N–H and O–H groups in total. The summed E-state index contributed by atoms with van der Waals surface area (Å²) in [6, 6.07) is 0. The van der Waals surface area contributed by atoms with Gasteiger partial charge in [0.2, 0.25) is 5.89 Å². The summed E-state index contributed by atoms with van der Waals surface area (Å²) in [5, 5.41) is 6.66. The fourth-order valence-electron chi connectivity index (χ4n) is 1.03. The van der Waals surface area contributed by atoms with Gasteiger partial charge in [-0.2, -0.15) is 4.98 Å². The Balaban J connectivity index is 2.49. The van der Waals surface area contributed by atoms with Gasteiger partial charge in [0.05, 0.1) is 6.54 Å². The molecule has 0 unspecified atom stereocenters. The van der Waals surface area contributed by atoms with Gasteiger partial charge in [-0.25, -0.2) is 8.42 Å². The molecule has 0 aliphatic carbocycles. The Morgan fingerprint density at radius 1 is 1.47 bits per heavy atom. The molecule has 0 saturated carbocycles. The highest BCUT2D eigenvalue weighted by atomic mass is 32.2. The lowest BCUT2D eigenvalue weighted by Crippen LogP contribution is -2.14. The Hall–Kier alpha value is -0.950.